The van der Waals surface area contributed by atoms with Gasteiger partial charge in [-0.1, -0.05) is 118 Å². The van der Waals surface area contributed by atoms with Crippen LogP contribution >= 0.6 is 0 Å². The van der Waals surface area contributed by atoms with Crippen molar-refractivity contribution in [3.63, 3.8) is 0 Å². The number of amides is 6. The molecule has 524 valence electrons. The summed E-state index contributed by atoms with van der Waals surface area (Å²) >= 11 is 0. The second kappa shape index (κ2) is 61.4. The number of nitrogens with two attached hydrogens (primary N) is 1. The monoisotopic (exact) mass is 1300 g/mol. The van der Waals surface area contributed by atoms with Crippen molar-refractivity contribution in [1.82, 2.24) is 37.1 Å². The molecule has 28 nitrogen and oxygen atoms in total. The van der Waals surface area contributed by atoms with Gasteiger partial charge in [0, 0.05) is 51.7 Å². The zero-order valence-corrected chi connectivity index (χ0v) is 55.3. The summed E-state index contributed by atoms with van der Waals surface area (Å²) in [5, 5.41) is 54.8. The number of unbranched alkanes of at least 4 members (excludes halogenated alkanes) is 16. The van der Waals surface area contributed by atoms with Gasteiger partial charge >= 0.3 is 23.9 Å². The van der Waals surface area contributed by atoms with Crippen molar-refractivity contribution < 1.29 is 96.9 Å². The summed E-state index contributed by atoms with van der Waals surface area (Å²) in [5.74, 6) is -8.04. The number of hydrogen-bond acceptors (Lipinski definition) is 18. The standard InChI is InChI=1S/C54H95N7O19.C6H12BNO.C2H6/c1-40(62)41(55)20-18-19-29-56-49(67)38-79-36-35-78-33-31-58-50(68)39-80-37-34-77-32-30-57-45(63)26-23-42(52(71)72)60-47(65)28-25-44(54(75)76)61-48(66)27-24-43(53(73)74)59-46(64)21-16-14-12-10-8-6-4-2-3-5-7-9-11-13-15-17-22-51(69)70;1-4(2)6(8-7)5(3)9;1-2/h41-44H,2-39,55H2,1H3,(H,56,67)(H,57,63)(H,58,68)(H,59,64)(H,60,65)(H,61,66)(H,69,70)(H,71,72)(H,73,74)(H,75,76);4,6,8H,1-3H3;1-2H3/t41?,42-,43?,44-;;/m0../s1. The first kappa shape index (κ1) is 89.1. The van der Waals surface area contributed by atoms with Crippen LogP contribution in [0.15, 0.2) is 0 Å². The van der Waals surface area contributed by atoms with Crippen LogP contribution in [0.5, 0.6) is 0 Å². The Kier molecular flexibility index (Phi) is 60.1. The van der Waals surface area contributed by atoms with Gasteiger partial charge < -0.3 is 82.2 Å². The quantitative estimate of drug-likeness (QED) is 0.0303. The van der Waals surface area contributed by atoms with Crippen LogP contribution in [-0.2, 0) is 76.5 Å². The molecule has 91 heavy (non-hydrogen) atoms. The second-order valence-corrected chi connectivity index (χ2v) is 22.1. The molecule has 2 radical (unpaired) electrons. The van der Waals surface area contributed by atoms with Crippen molar-refractivity contribution >= 4 is 78.9 Å². The Morgan fingerprint density at radius 1 is 0.385 bits per heavy atom. The maximum absolute atomic E-state index is 12.6. The largest absolute Gasteiger partial charge is 0.481 e. The Balaban J connectivity index is -0.00000642. The van der Waals surface area contributed by atoms with E-state index in [1.807, 2.05) is 27.7 Å². The van der Waals surface area contributed by atoms with Crippen LogP contribution in [0.2, 0.25) is 0 Å². The molecule has 0 bridgehead atoms. The molecule has 0 aromatic rings. The van der Waals surface area contributed by atoms with Gasteiger partial charge in [-0.2, -0.15) is 0 Å². The summed E-state index contributed by atoms with van der Waals surface area (Å²) in [5.41, 5.74) is 5.67. The normalized spacial score (nSPS) is 12.4. The van der Waals surface area contributed by atoms with Crippen LogP contribution in [0.4, 0.5) is 0 Å². The van der Waals surface area contributed by atoms with Crippen molar-refractivity contribution in [2.45, 2.75) is 245 Å². The number of nitrogens with one attached hydrogen (secondary N) is 7. The minimum Gasteiger partial charge on any atom is -0.481 e. The topological polar surface area (TPSA) is 433 Å². The van der Waals surface area contributed by atoms with Gasteiger partial charge in [-0.15, -0.1) is 0 Å². The highest BCUT2D eigenvalue weighted by molar-refractivity contribution is 6.06. The molecule has 0 aliphatic rings. The lowest BCUT2D eigenvalue weighted by Gasteiger charge is -2.18. The zero-order valence-electron chi connectivity index (χ0n) is 55.3. The highest BCUT2D eigenvalue weighted by Crippen LogP contribution is 2.15. The molecule has 0 saturated carbocycles. The number of Topliss-reactive ketones (excluding diaryl/α,β-unsaturated/α-hetero) is 2. The van der Waals surface area contributed by atoms with Gasteiger partial charge in [0.2, 0.25) is 35.4 Å². The van der Waals surface area contributed by atoms with E-state index in [4.69, 9.17) is 37.8 Å². The number of rotatable bonds is 59. The Morgan fingerprint density at radius 2 is 0.714 bits per heavy atom. The molecule has 0 saturated heterocycles. The SMILES string of the molecule is CC.CC(=O)C(N)CCCCNC(=O)COCCOCCNC(=O)COCCOCCNC(=O)CC[C@H](NC(=O)CC[C@H](NC(=O)CCC(NC(=O)CCCCCCCCCCCCCCCCCCC(=O)O)C(=O)O)C(=O)O)C(=O)O.[B]NC(C(C)=O)C(C)C. The van der Waals surface area contributed by atoms with E-state index < -0.39 is 90.9 Å². The van der Waals surface area contributed by atoms with E-state index in [2.05, 4.69) is 37.1 Å². The molecule has 29 heteroatoms. The van der Waals surface area contributed by atoms with Gasteiger partial charge in [-0.3, -0.25) is 43.2 Å². The van der Waals surface area contributed by atoms with Crippen LogP contribution in [0, 0.1) is 5.92 Å². The van der Waals surface area contributed by atoms with E-state index in [1.54, 1.807) is 0 Å². The summed E-state index contributed by atoms with van der Waals surface area (Å²) in [6.07, 6.45) is 17.0. The highest BCUT2D eigenvalue weighted by Gasteiger charge is 2.26. The van der Waals surface area contributed by atoms with Crippen LogP contribution in [0.1, 0.15) is 215 Å². The molecule has 13 N–H and O–H groups in total. The van der Waals surface area contributed by atoms with Crippen molar-refractivity contribution in [2.75, 3.05) is 72.5 Å². The molecule has 0 heterocycles. The first-order valence-electron chi connectivity index (χ1n) is 32.5. The lowest BCUT2D eigenvalue weighted by molar-refractivity contribution is -0.144. The third kappa shape index (κ3) is 58.7. The summed E-state index contributed by atoms with van der Waals surface area (Å²) in [4.78, 5) is 142. The Bertz CT molecular complexity index is 2040. The fourth-order valence-electron chi connectivity index (χ4n) is 8.62. The molecule has 0 aromatic carbocycles. The Morgan fingerprint density at radius 3 is 1.04 bits per heavy atom. The fraction of sp³-hybridized carbons (Fsp3) is 0.806. The van der Waals surface area contributed by atoms with Crippen LogP contribution < -0.4 is 42.9 Å². The van der Waals surface area contributed by atoms with Gasteiger partial charge in [0.15, 0.2) is 7.98 Å². The molecule has 5 atom stereocenters. The predicted octanol–water partition coefficient (Wildman–Crippen LogP) is 3.94. The first-order valence-corrected chi connectivity index (χ1v) is 32.5. The molecule has 0 rings (SSSR count). The number of hydrogen-bond donors (Lipinski definition) is 12. The molecular weight excluding hydrogens is 1190 g/mol. The van der Waals surface area contributed by atoms with E-state index in [1.165, 1.54) is 52.4 Å². The second-order valence-electron chi connectivity index (χ2n) is 22.1. The minimum atomic E-state index is -1.57. The van der Waals surface area contributed by atoms with Gasteiger partial charge in [-0.25, -0.2) is 14.4 Å². The average molecular weight is 1300 g/mol. The third-order valence-electron chi connectivity index (χ3n) is 13.8. The van der Waals surface area contributed by atoms with Crippen LogP contribution in [-0.4, -0.2) is 202 Å². The lowest BCUT2D eigenvalue weighted by Crippen LogP contribution is -2.45. The number of carboxylic acids is 4. The lowest BCUT2D eigenvalue weighted by atomic mass is 9.99. The van der Waals surface area contributed by atoms with Gasteiger partial charge in [0.25, 0.3) is 0 Å². The van der Waals surface area contributed by atoms with E-state index in [9.17, 15) is 72.9 Å². The summed E-state index contributed by atoms with van der Waals surface area (Å²) < 4.78 is 21.2. The number of aliphatic carboxylic acids is 4. The van der Waals surface area contributed by atoms with Gasteiger partial charge in [0.05, 0.1) is 51.7 Å². The van der Waals surface area contributed by atoms with Gasteiger partial charge in [-0.05, 0) is 71.1 Å². The Labute approximate surface area is 540 Å². The van der Waals surface area contributed by atoms with Crippen molar-refractivity contribution in [2.24, 2.45) is 11.7 Å². The average Bonchev–Trinajstić information content (AvgIpc) is 3.50. The molecule has 0 spiro atoms. The molecule has 0 fully saturated rings. The molecule has 3 unspecified atom stereocenters. The molecule has 0 aliphatic heterocycles. The molecule has 6 amide bonds. The highest BCUT2D eigenvalue weighted by atomic mass is 16.5. The zero-order chi connectivity index (χ0) is 69.0. The summed E-state index contributed by atoms with van der Waals surface area (Å²) in [7, 11) is 5.10. The number of carbonyl (C=O) groups excluding carboxylic acids is 8. The smallest absolute Gasteiger partial charge is 0.326 e. The minimum absolute atomic E-state index is 0.0639. The van der Waals surface area contributed by atoms with Crippen molar-refractivity contribution in [1.29, 1.82) is 0 Å². The number of carboxylic acid groups (broad SMARTS) is 4. The maximum atomic E-state index is 12.6. The predicted molar refractivity (Wildman–Crippen MR) is 342 cm³/mol. The van der Waals surface area contributed by atoms with Gasteiger partial charge in [0.1, 0.15) is 42.9 Å². The number of ketones is 2. The van der Waals surface area contributed by atoms with E-state index in [0.717, 1.165) is 64.2 Å². The number of carbonyl (C=O) groups is 12. The molecular formula is C62H113BN8O20. The van der Waals surface area contributed by atoms with E-state index in [-0.39, 0.29) is 133 Å². The van der Waals surface area contributed by atoms with Crippen LogP contribution in [0.25, 0.3) is 0 Å². The van der Waals surface area contributed by atoms with E-state index in [0.29, 0.717) is 25.8 Å². The molecule has 0 aromatic heterocycles. The maximum Gasteiger partial charge on any atom is 0.326 e. The van der Waals surface area contributed by atoms with Crippen LogP contribution in [0.3, 0.4) is 0 Å². The van der Waals surface area contributed by atoms with Crippen molar-refractivity contribution in [3.05, 3.63) is 0 Å². The summed E-state index contributed by atoms with van der Waals surface area (Å²) in [6.45, 7) is 12.2. The molecule has 0 aliphatic carbocycles. The Hall–Kier alpha value is -6.14. The third-order valence-corrected chi connectivity index (χ3v) is 13.8. The van der Waals surface area contributed by atoms with Crippen molar-refractivity contribution in [3.8, 4) is 0 Å². The van der Waals surface area contributed by atoms with E-state index >= 15 is 0 Å². The summed E-state index contributed by atoms with van der Waals surface area (Å²) in [6, 6.07) is -5.10. The first-order chi connectivity index (χ1) is 43.4. The fourth-order valence-corrected chi connectivity index (χ4v) is 8.62. The number of ether oxygens (including phenoxy) is 4.